The Morgan fingerprint density at radius 1 is 1.20 bits per heavy atom. The third kappa shape index (κ3) is 2.95. The first-order valence-corrected chi connectivity index (χ1v) is 9.62. The monoisotopic (exact) mass is 405 g/mol. The largest absolute Gasteiger partial charge is 0.454 e. The number of aryl methyl sites for hydroxylation is 2. The standard InChI is InChI=1S/C21H19N5O4/c1-3-13-7-14-8-16-17(30-11-29-16)9-15(14)26-20(13)24-25(21(26)28)10-19(27)23-18-6-4-5-12(2)22-18/h4-9H,3,10-11H2,1-2H3,(H,22,23,27). The molecule has 5 rings (SSSR count). The number of pyridine rings is 2. The van der Waals surface area contributed by atoms with Crippen molar-refractivity contribution in [2.75, 3.05) is 12.1 Å². The van der Waals surface area contributed by atoms with E-state index in [1.165, 1.54) is 9.08 Å². The molecule has 1 amide bonds. The third-order valence-electron chi connectivity index (χ3n) is 5.05. The molecule has 3 aromatic heterocycles. The number of amides is 1. The van der Waals surface area contributed by atoms with Crippen molar-refractivity contribution in [2.24, 2.45) is 0 Å². The summed E-state index contributed by atoms with van der Waals surface area (Å²) in [4.78, 5) is 29.9. The SMILES string of the molecule is CCc1cc2cc3c(cc2n2c(=O)n(CC(=O)Nc4cccc(C)n4)nc12)OCO3. The number of anilines is 1. The highest BCUT2D eigenvalue weighted by atomic mass is 16.7. The number of rotatable bonds is 4. The molecule has 1 aliphatic rings. The zero-order valence-electron chi connectivity index (χ0n) is 16.5. The third-order valence-corrected chi connectivity index (χ3v) is 5.05. The first-order valence-electron chi connectivity index (χ1n) is 9.62. The van der Waals surface area contributed by atoms with Gasteiger partial charge >= 0.3 is 5.69 Å². The van der Waals surface area contributed by atoms with Crippen molar-refractivity contribution in [2.45, 2.75) is 26.8 Å². The Bertz CT molecular complexity index is 1370. The molecule has 0 saturated carbocycles. The minimum Gasteiger partial charge on any atom is -0.454 e. The summed E-state index contributed by atoms with van der Waals surface area (Å²) >= 11 is 0. The summed E-state index contributed by atoms with van der Waals surface area (Å²) in [6.45, 7) is 3.76. The molecule has 0 unspecified atom stereocenters. The molecule has 9 nitrogen and oxygen atoms in total. The van der Waals surface area contributed by atoms with Gasteiger partial charge in [-0.2, -0.15) is 0 Å². The van der Waals surface area contributed by atoms with Crippen molar-refractivity contribution in [3.63, 3.8) is 0 Å². The number of ether oxygens (including phenoxy) is 2. The highest BCUT2D eigenvalue weighted by Gasteiger charge is 2.20. The van der Waals surface area contributed by atoms with E-state index in [1.807, 2.05) is 32.0 Å². The number of hydrogen-bond donors (Lipinski definition) is 1. The zero-order chi connectivity index (χ0) is 20.8. The highest BCUT2D eigenvalue weighted by Crippen LogP contribution is 2.36. The Labute approximate surface area is 170 Å². The van der Waals surface area contributed by atoms with Gasteiger partial charge in [0.25, 0.3) is 0 Å². The van der Waals surface area contributed by atoms with E-state index in [2.05, 4.69) is 15.4 Å². The number of benzene rings is 1. The number of nitrogens with zero attached hydrogens (tertiary/aromatic N) is 4. The van der Waals surface area contributed by atoms with Gasteiger partial charge in [-0.1, -0.05) is 13.0 Å². The molecule has 0 atom stereocenters. The molecule has 1 aliphatic heterocycles. The van der Waals surface area contributed by atoms with Crippen LogP contribution in [0.5, 0.6) is 11.5 Å². The van der Waals surface area contributed by atoms with E-state index in [9.17, 15) is 9.59 Å². The van der Waals surface area contributed by atoms with Crippen molar-refractivity contribution >= 4 is 28.3 Å². The predicted molar refractivity (Wildman–Crippen MR) is 110 cm³/mol. The normalized spacial score (nSPS) is 12.6. The molecule has 4 heterocycles. The average Bonchev–Trinajstić information content (AvgIpc) is 3.30. The Morgan fingerprint density at radius 2 is 2.00 bits per heavy atom. The molecule has 0 bridgehead atoms. The summed E-state index contributed by atoms with van der Waals surface area (Å²) in [6, 6.07) is 11.0. The summed E-state index contributed by atoms with van der Waals surface area (Å²) < 4.78 is 13.6. The lowest BCUT2D eigenvalue weighted by molar-refractivity contribution is -0.117. The molecule has 30 heavy (non-hydrogen) atoms. The van der Waals surface area contributed by atoms with Crippen molar-refractivity contribution in [3.05, 3.63) is 58.1 Å². The van der Waals surface area contributed by atoms with Crippen molar-refractivity contribution in [1.82, 2.24) is 19.2 Å². The second-order valence-electron chi connectivity index (χ2n) is 7.10. The summed E-state index contributed by atoms with van der Waals surface area (Å²) in [5, 5.41) is 7.99. The molecular formula is C21H19N5O4. The Kier molecular flexibility index (Phi) is 4.16. The van der Waals surface area contributed by atoms with Crippen LogP contribution in [0.4, 0.5) is 5.82 Å². The molecule has 4 aromatic rings. The van der Waals surface area contributed by atoms with E-state index in [0.29, 0.717) is 34.9 Å². The minimum atomic E-state index is -0.392. The number of nitrogens with one attached hydrogen (secondary N) is 1. The van der Waals surface area contributed by atoms with E-state index in [-0.39, 0.29) is 19.2 Å². The second kappa shape index (κ2) is 6.87. The van der Waals surface area contributed by atoms with Crippen LogP contribution >= 0.6 is 0 Å². The van der Waals surface area contributed by atoms with Gasteiger partial charge in [-0.3, -0.25) is 4.79 Å². The van der Waals surface area contributed by atoms with Crippen LogP contribution in [0.3, 0.4) is 0 Å². The molecule has 9 heteroatoms. The fourth-order valence-electron chi connectivity index (χ4n) is 3.64. The number of carbonyl (C=O) groups is 1. The number of carbonyl (C=O) groups excluding carboxylic acids is 1. The van der Waals surface area contributed by atoms with Gasteiger partial charge in [0.1, 0.15) is 12.4 Å². The van der Waals surface area contributed by atoms with Crippen molar-refractivity contribution in [1.29, 1.82) is 0 Å². The van der Waals surface area contributed by atoms with Crippen LogP contribution in [0.15, 0.2) is 41.2 Å². The van der Waals surface area contributed by atoms with E-state index < -0.39 is 5.69 Å². The van der Waals surface area contributed by atoms with E-state index >= 15 is 0 Å². The van der Waals surface area contributed by atoms with Crippen molar-refractivity contribution < 1.29 is 14.3 Å². The fourth-order valence-corrected chi connectivity index (χ4v) is 3.64. The van der Waals surface area contributed by atoms with Crippen LogP contribution in [-0.4, -0.2) is 31.9 Å². The maximum absolute atomic E-state index is 13.1. The lowest BCUT2D eigenvalue weighted by Crippen LogP contribution is -2.28. The van der Waals surface area contributed by atoms with E-state index in [1.54, 1.807) is 18.2 Å². The topological polar surface area (TPSA) is 99.8 Å². The van der Waals surface area contributed by atoms with Crippen molar-refractivity contribution in [3.8, 4) is 11.5 Å². The fraction of sp³-hybridized carbons (Fsp3) is 0.238. The summed E-state index contributed by atoms with van der Waals surface area (Å²) in [5.74, 6) is 1.29. The molecular weight excluding hydrogens is 386 g/mol. The molecule has 0 spiro atoms. The molecule has 1 N–H and O–H groups in total. The smallest absolute Gasteiger partial charge is 0.351 e. The molecule has 0 radical (unpaired) electrons. The average molecular weight is 405 g/mol. The van der Waals surface area contributed by atoms with Gasteiger partial charge < -0.3 is 14.8 Å². The number of hydrogen-bond acceptors (Lipinski definition) is 6. The van der Waals surface area contributed by atoms with Gasteiger partial charge in [0.15, 0.2) is 17.1 Å². The lowest BCUT2D eigenvalue weighted by atomic mass is 10.1. The minimum absolute atomic E-state index is 0.150. The van der Waals surface area contributed by atoms with Crippen LogP contribution in [-0.2, 0) is 17.8 Å². The van der Waals surface area contributed by atoms with Gasteiger partial charge in [0.05, 0.1) is 5.52 Å². The Balaban J connectivity index is 1.58. The first-order chi connectivity index (χ1) is 14.5. The molecule has 0 aliphatic carbocycles. The van der Waals surface area contributed by atoms with Crippen LogP contribution in [0.1, 0.15) is 18.2 Å². The van der Waals surface area contributed by atoms with Crippen LogP contribution in [0.25, 0.3) is 16.6 Å². The number of fused-ring (bicyclic) bond motifs is 4. The maximum atomic E-state index is 13.1. The van der Waals surface area contributed by atoms with Gasteiger partial charge in [-0.15, -0.1) is 5.10 Å². The molecule has 1 aromatic carbocycles. The van der Waals surface area contributed by atoms with Gasteiger partial charge in [-0.05, 0) is 43.2 Å². The maximum Gasteiger partial charge on any atom is 0.351 e. The predicted octanol–water partition coefficient (Wildman–Crippen LogP) is 2.28. The lowest BCUT2D eigenvalue weighted by Gasteiger charge is -2.06. The molecule has 0 saturated heterocycles. The summed E-state index contributed by atoms with van der Waals surface area (Å²) in [5.41, 5.74) is 2.48. The van der Waals surface area contributed by atoms with Crippen LogP contribution < -0.4 is 20.5 Å². The van der Waals surface area contributed by atoms with Crippen LogP contribution in [0, 0.1) is 6.92 Å². The first kappa shape index (κ1) is 18.2. The van der Waals surface area contributed by atoms with Crippen LogP contribution in [0.2, 0.25) is 0 Å². The number of aromatic nitrogens is 4. The second-order valence-corrected chi connectivity index (χ2v) is 7.10. The summed E-state index contributed by atoms with van der Waals surface area (Å²) in [7, 11) is 0. The Morgan fingerprint density at radius 3 is 2.77 bits per heavy atom. The Hall–Kier alpha value is -3.88. The van der Waals surface area contributed by atoms with Gasteiger partial charge in [-0.25, -0.2) is 18.9 Å². The highest BCUT2D eigenvalue weighted by molar-refractivity contribution is 5.90. The van der Waals surface area contributed by atoms with E-state index in [0.717, 1.165) is 16.6 Å². The van der Waals surface area contributed by atoms with Gasteiger partial charge in [0.2, 0.25) is 12.7 Å². The summed E-state index contributed by atoms with van der Waals surface area (Å²) in [6.07, 6.45) is 0.684. The quantitative estimate of drug-likeness (QED) is 0.559. The van der Waals surface area contributed by atoms with E-state index in [4.69, 9.17) is 9.47 Å². The van der Waals surface area contributed by atoms with Gasteiger partial charge in [0, 0.05) is 17.1 Å². The molecule has 0 fully saturated rings. The zero-order valence-corrected chi connectivity index (χ0v) is 16.5. The molecule has 152 valence electrons.